The van der Waals surface area contributed by atoms with Crippen LogP contribution in [0.3, 0.4) is 0 Å². The van der Waals surface area contributed by atoms with Crippen molar-refractivity contribution < 1.29 is 9.21 Å². The van der Waals surface area contributed by atoms with E-state index in [4.69, 9.17) is 4.42 Å². The van der Waals surface area contributed by atoms with E-state index in [9.17, 15) is 4.79 Å². The lowest BCUT2D eigenvalue weighted by molar-refractivity contribution is -0.119. The van der Waals surface area contributed by atoms with Crippen molar-refractivity contribution in [2.75, 3.05) is 5.32 Å². The van der Waals surface area contributed by atoms with Gasteiger partial charge in [-0.2, -0.15) is 0 Å². The van der Waals surface area contributed by atoms with Gasteiger partial charge in [0, 0.05) is 11.1 Å². The zero-order valence-corrected chi connectivity index (χ0v) is 11.0. The smallest absolute Gasteiger partial charge is 0.239 e. The molecule has 2 aromatic carbocycles. The Labute approximate surface area is 116 Å². The highest BCUT2D eigenvalue weighted by atomic mass is 16.3. The van der Waals surface area contributed by atoms with E-state index in [-0.39, 0.29) is 5.91 Å². The molecule has 4 rings (SSSR count). The van der Waals surface area contributed by atoms with Crippen molar-refractivity contribution in [3.63, 3.8) is 0 Å². The molecule has 0 fully saturated rings. The van der Waals surface area contributed by atoms with Gasteiger partial charge in [-0.15, -0.1) is 0 Å². The fourth-order valence-electron chi connectivity index (χ4n) is 2.96. The van der Waals surface area contributed by atoms with Crippen LogP contribution in [0.15, 0.2) is 59.2 Å². The molecule has 1 unspecified atom stereocenters. The minimum atomic E-state index is -0.651. The van der Waals surface area contributed by atoms with Crippen LogP contribution in [0.5, 0.6) is 0 Å². The molecule has 0 aliphatic carbocycles. The molecule has 1 aliphatic heterocycles. The molecule has 20 heavy (non-hydrogen) atoms. The molecule has 1 atom stereocenters. The number of furan rings is 1. The van der Waals surface area contributed by atoms with Gasteiger partial charge in [0.05, 0.1) is 11.7 Å². The monoisotopic (exact) mass is 263 g/mol. The molecular formula is C17H13NO2. The van der Waals surface area contributed by atoms with Gasteiger partial charge in [-0.05, 0) is 42.3 Å². The third kappa shape index (κ3) is 1.32. The van der Waals surface area contributed by atoms with E-state index >= 15 is 0 Å². The third-order valence-electron chi connectivity index (χ3n) is 4.20. The topological polar surface area (TPSA) is 42.2 Å². The van der Waals surface area contributed by atoms with Crippen molar-refractivity contribution in [3.05, 3.63) is 65.9 Å². The maximum Gasteiger partial charge on any atom is 0.239 e. The molecular weight excluding hydrogens is 250 g/mol. The molecule has 3 heteroatoms. The first-order valence-corrected chi connectivity index (χ1v) is 6.58. The van der Waals surface area contributed by atoms with Gasteiger partial charge in [-0.1, -0.05) is 24.3 Å². The SMILES string of the molecule is CC1(c2ccc3occc3c2)C(=O)Nc2ccccc21. The Bertz CT molecular complexity index is 834. The summed E-state index contributed by atoms with van der Waals surface area (Å²) in [6, 6.07) is 15.7. The molecule has 0 saturated heterocycles. The summed E-state index contributed by atoms with van der Waals surface area (Å²) in [5, 5.41) is 3.98. The second-order valence-electron chi connectivity index (χ2n) is 5.30. The quantitative estimate of drug-likeness (QED) is 0.727. The number of hydrogen-bond donors (Lipinski definition) is 1. The van der Waals surface area contributed by atoms with Gasteiger partial charge in [0.2, 0.25) is 5.91 Å². The Kier molecular flexibility index (Phi) is 2.11. The molecule has 1 aliphatic rings. The fraction of sp³-hybridized carbons (Fsp3) is 0.118. The van der Waals surface area contributed by atoms with Crippen LogP contribution in [0, 0.1) is 0 Å². The van der Waals surface area contributed by atoms with Gasteiger partial charge < -0.3 is 9.73 Å². The van der Waals surface area contributed by atoms with E-state index in [1.165, 1.54) is 0 Å². The number of carbonyl (C=O) groups excluding carboxylic acids is 1. The van der Waals surface area contributed by atoms with Crippen LogP contribution in [0.4, 0.5) is 5.69 Å². The van der Waals surface area contributed by atoms with Gasteiger partial charge in [-0.25, -0.2) is 0 Å². The number of fused-ring (bicyclic) bond motifs is 2. The lowest BCUT2D eigenvalue weighted by atomic mass is 9.77. The summed E-state index contributed by atoms with van der Waals surface area (Å²) in [6.45, 7) is 1.97. The Balaban J connectivity index is 1.97. The van der Waals surface area contributed by atoms with Gasteiger partial charge >= 0.3 is 0 Å². The molecule has 3 aromatic rings. The molecule has 0 spiro atoms. The van der Waals surface area contributed by atoms with Gasteiger partial charge in [0.15, 0.2) is 0 Å². The number of benzene rings is 2. The first kappa shape index (κ1) is 11.3. The van der Waals surface area contributed by atoms with Crippen LogP contribution >= 0.6 is 0 Å². The van der Waals surface area contributed by atoms with Gasteiger partial charge in [-0.3, -0.25) is 4.79 Å². The van der Waals surface area contributed by atoms with Crippen molar-refractivity contribution >= 4 is 22.6 Å². The summed E-state index contributed by atoms with van der Waals surface area (Å²) in [5.41, 5.74) is 3.08. The summed E-state index contributed by atoms with van der Waals surface area (Å²) >= 11 is 0. The highest BCUT2D eigenvalue weighted by molar-refractivity contribution is 6.08. The largest absolute Gasteiger partial charge is 0.464 e. The summed E-state index contributed by atoms with van der Waals surface area (Å²) in [5.74, 6) is 0.0153. The lowest BCUT2D eigenvalue weighted by Gasteiger charge is -2.22. The molecule has 2 heterocycles. The highest BCUT2D eigenvalue weighted by Gasteiger charge is 2.43. The Morgan fingerprint density at radius 2 is 1.95 bits per heavy atom. The van der Waals surface area contributed by atoms with Crippen molar-refractivity contribution in [1.29, 1.82) is 0 Å². The Morgan fingerprint density at radius 3 is 2.85 bits per heavy atom. The minimum Gasteiger partial charge on any atom is -0.464 e. The van der Waals surface area contributed by atoms with Crippen molar-refractivity contribution in [2.45, 2.75) is 12.3 Å². The summed E-state index contributed by atoms with van der Waals surface area (Å²) < 4.78 is 5.36. The number of hydrogen-bond acceptors (Lipinski definition) is 2. The van der Waals surface area contributed by atoms with E-state index in [0.717, 1.165) is 27.8 Å². The number of anilines is 1. The average molecular weight is 263 g/mol. The molecule has 98 valence electrons. The molecule has 1 aromatic heterocycles. The number of amides is 1. The third-order valence-corrected chi connectivity index (χ3v) is 4.20. The normalized spacial score (nSPS) is 20.9. The average Bonchev–Trinajstić information content (AvgIpc) is 3.03. The van der Waals surface area contributed by atoms with Gasteiger partial charge in [0.25, 0.3) is 0 Å². The predicted molar refractivity (Wildman–Crippen MR) is 77.7 cm³/mol. The maximum atomic E-state index is 12.5. The van der Waals surface area contributed by atoms with E-state index < -0.39 is 5.41 Å². The number of rotatable bonds is 1. The van der Waals surface area contributed by atoms with E-state index in [2.05, 4.69) is 5.32 Å². The summed E-state index contributed by atoms with van der Waals surface area (Å²) in [4.78, 5) is 12.5. The van der Waals surface area contributed by atoms with Crippen LogP contribution in [-0.2, 0) is 10.2 Å². The van der Waals surface area contributed by atoms with Crippen LogP contribution in [0.2, 0.25) is 0 Å². The molecule has 0 radical (unpaired) electrons. The van der Waals surface area contributed by atoms with Crippen LogP contribution in [0.1, 0.15) is 18.1 Å². The van der Waals surface area contributed by atoms with Gasteiger partial charge in [0.1, 0.15) is 5.58 Å². The Hall–Kier alpha value is -2.55. The molecule has 0 saturated carbocycles. The zero-order valence-electron chi connectivity index (χ0n) is 11.0. The first-order valence-electron chi connectivity index (χ1n) is 6.58. The summed E-state index contributed by atoms with van der Waals surface area (Å²) in [6.07, 6.45) is 1.67. The molecule has 1 amide bonds. The molecule has 1 N–H and O–H groups in total. The maximum absolute atomic E-state index is 12.5. The van der Waals surface area contributed by atoms with E-state index in [1.807, 2.05) is 55.5 Å². The van der Waals surface area contributed by atoms with E-state index in [0.29, 0.717) is 0 Å². The number of nitrogens with one attached hydrogen (secondary N) is 1. The number of para-hydroxylation sites is 1. The van der Waals surface area contributed by atoms with Crippen molar-refractivity contribution in [3.8, 4) is 0 Å². The lowest BCUT2D eigenvalue weighted by Crippen LogP contribution is -2.32. The van der Waals surface area contributed by atoms with Crippen molar-refractivity contribution in [2.24, 2.45) is 0 Å². The predicted octanol–water partition coefficient (Wildman–Crippen LogP) is 3.69. The second kappa shape index (κ2) is 3.73. The highest BCUT2D eigenvalue weighted by Crippen LogP contribution is 2.42. The van der Waals surface area contributed by atoms with Crippen LogP contribution < -0.4 is 5.32 Å². The van der Waals surface area contributed by atoms with Crippen molar-refractivity contribution in [1.82, 2.24) is 0 Å². The standard InChI is InChI=1S/C17H13NO2/c1-17(12-6-7-15-11(10-12)8-9-20-15)13-4-2-3-5-14(13)18-16(17)19/h2-10H,1H3,(H,18,19). The Morgan fingerprint density at radius 1 is 1.10 bits per heavy atom. The minimum absolute atomic E-state index is 0.0153. The molecule has 0 bridgehead atoms. The second-order valence-corrected chi connectivity index (χ2v) is 5.30. The van der Waals surface area contributed by atoms with Crippen LogP contribution in [-0.4, -0.2) is 5.91 Å². The van der Waals surface area contributed by atoms with Crippen LogP contribution in [0.25, 0.3) is 11.0 Å². The fourth-order valence-corrected chi connectivity index (χ4v) is 2.96. The summed E-state index contributed by atoms with van der Waals surface area (Å²) in [7, 11) is 0. The van der Waals surface area contributed by atoms with E-state index in [1.54, 1.807) is 6.26 Å². The zero-order chi connectivity index (χ0) is 13.7. The first-order chi connectivity index (χ1) is 9.69. The number of carbonyl (C=O) groups is 1. The molecule has 3 nitrogen and oxygen atoms in total.